The fourth-order valence-corrected chi connectivity index (χ4v) is 2.42. The van der Waals surface area contributed by atoms with Gasteiger partial charge in [-0.2, -0.15) is 0 Å². The molecule has 0 radical (unpaired) electrons. The molecule has 1 aliphatic heterocycles. The van der Waals surface area contributed by atoms with Crippen LogP contribution in [0.5, 0.6) is 0 Å². The average Bonchev–Trinajstić information content (AvgIpc) is 2.52. The number of primary amides is 1. The smallest absolute Gasteiger partial charge is 0.405 e. The maximum absolute atomic E-state index is 13.8. The van der Waals surface area contributed by atoms with Crippen LogP contribution in [0.4, 0.5) is 19.3 Å². The highest BCUT2D eigenvalue weighted by atomic mass is 19.1. The van der Waals surface area contributed by atoms with E-state index in [0.717, 1.165) is 6.07 Å². The van der Waals surface area contributed by atoms with Gasteiger partial charge in [-0.25, -0.2) is 13.6 Å². The standard InChI is InChI=1S/C14H17F2N3O4/c15-9-1-2-11(10(16)7-9)18-3-5-19(6-4-18)13(21)12(8-20)23-14(17)22/h1-2,7,12,20H,3-6,8H2,(H2,17,22). The molecule has 126 valence electrons. The molecule has 2 amide bonds. The van der Waals surface area contributed by atoms with Crippen molar-refractivity contribution in [1.29, 1.82) is 0 Å². The Morgan fingerprint density at radius 1 is 1.26 bits per heavy atom. The number of halogens is 2. The third-order valence-corrected chi connectivity index (χ3v) is 3.54. The highest BCUT2D eigenvalue weighted by molar-refractivity contribution is 5.83. The second kappa shape index (κ2) is 7.23. The molecule has 1 fully saturated rings. The monoisotopic (exact) mass is 329 g/mol. The van der Waals surface area contributed by atoms with Crippen molar-refractivity contribution in [2.75, 3.05) is 37.7 Å². The Hall–Kier alpha value is -2.42. The fourth-order valence-electron chi connectivity index (χ4n) is 2.42. The predicted molar refractivity (Wildman–Crippen MR) is 76.7 cm³/mol. The van der Waals surface area contributed by atoms with Crippen LogP contribution in [0.25, 0.3) is 0 Å². The van der Waals surface area contributed by atoms with Gasteiger partial charge in [-0.15, -0.1) is 0 Å². The molecule has 0 aromatic heterocycles. The molecule has 1 aromatic rings. The lowest BCUT2D eigenvalue weighted by Gasteiger charge is -2.37. The van der Waals surface area contributed by atoms with Crippen LogP contribution in [0, 0.1) is 11.6 Å². The Kier molecular flexibility index (Phi) is 5.32. The van der Waals surface area contributed by atoms with Gasteiger partial charge >= 0.3 is 6.09 Å². The van der Waals surface area contributed by atoms with E-state index in [4.69, 9.17) is 10.8 Å². The van der Waals surface area contributed by atoms with Crippen LogP contribution in [0.3, 0.4) is 0 Å². The maximum atomic E-state index is 13.8. The zero-order valence-corrected chi connectivity index (χ0v) is 12.2. The SMILES string of the molecule is NC(=O)OC(CO)C(=O)N1CCN(c2ccc(F)cc2F)CC1. The third kappa shape index (κ3) is 4.07. The van der Waals surface area contributed by atoms with Gasteiger partial charge in [0.15, 0.2) is 0 Å². The molecule has 1 aliphatic rings. The zero-order chi connectivity index (χ0) is 17.0. The largest absolute Gasteiger partial charge is 0.434 e. The number of piperazine rings is 1. The molecule has 9 heteroatoms. The normalized spacial score (nSPS) is 16.1. The molecule has 0 bridgehead atoms. The molecular weight excluding hydrogens is 312 g/mol. The van der Waals surface area contributed by atoms with Gasteiger partial charge in [0.2, 0.25) is 6.10 Å². The first kappa shape index (κ1) is 16.9. The summed E-state index contributed by atoms with van der Waals surface area (Å²) in [5.74, 6) is -1.89. The van der Waals surface area contributed by atoms with E-state index in [2.05, 4.69) is 4.74 Å². The number of carbonyl (C=O) groups excluding carboxylic acids is 2. The molecule has 1 aromatic carbocycles. The van der Waals surface area contributed by atoms with Crippen molar-refractivity contribution < 1.29 is 28.2 Å². The van der Waals surface area contributed by atoms with Crippen molar-refractivity contribution in [3.8, 4) is 0 Å². The fraction of sp³-hybridized carbons (Fsp3) is 0.429. The molecule has 3 N–H and O–H groups in total. The Morgan fingerprint density at radius 3 is 2.43 bits per heavy atom. The van der Waals surface area contributed by atoms with E-state index < -0.39 is 36.3 Å². The van der Waals surface area contributed by atoms with Gasteiger partial charge in [0.05, 0.1) is 12.3 Å². The summed E-state index contributed by atoms with van der Waals surface area (Å²) in [6.45, 7) is 0.461. The minimum absolute atomic E-state index is 0.244. The van der Waals surface area contributed by atoms with Gasteiger partial charge in [0, 0.05) is 32.2 Å². The van der Waals surface area contributed by atoms with Crippen molar-refractivity contribution in [2.45, 2.75) is 6.10 Å². The maximum Gasteiger partial charge on any atom is 0.405 e. The number of rotatable bonds is 4. The first-order chi connectivity index (χ1) is 10.9. The Labute approximate surface area is 131 Å². The van der Waals surface area contributed by atoms with Crippen molar-refractivity contribution in [3.05, 3.63) is 29.8 Å². The second-order valence-corrected chi connectivity index (χ2v) is 5.02. The topological polar surface area (TPSA) is 96.1 Å². The molecule has 1 unspecified atom stereocenters. The summed E-state index contributed by atoms with van der Waals surface area (Å²) in [6, 6.07) is 3.31. The van der Waals surface area contributed by atoms with Crippen molar-refractivity contribution in [2.24, 2.45) is 5.73 Å². The number of aliphatic hydroxyl groups is 1. The summed E-state index contributed by atoms with van der Waals surface area (Å²) < 4.78 is 31.2. The second-order valence-electron chi connectivity index (χ2n) is 5.02. The van der Waals surface area contributed by atoms with Gasteiger partial charge in [-0.3, -0.25) is 4.79 Å². The van der Waals surface area contributed by atoms with E-state index in [1.54, 1.807) is 4.90 Å². The van der Waals surface area contributed by atoms with E-state index >= 15 is 0 Å². The third-order valence-electron chi connectivity index (χ3n) is 3.54. The van der Waals surface area contributed by atoms with E-state index in [1.807, 2.05) is 0 Å². The number of nitrogens with zero attached hydrogens (tertiary/aromatic N) is 2. The number of carbonyl (C=O) groups is 2. The summed E-state index contributed by atoms with van der Waals surface area (Å²) in [6.07, 6.45) is -2.49. The van der Waals surface area contributed by atoms with E-state index in [-0.39, 0.29) is 18.8 Å². The molecule has 0 aliphatic carbocycles. The number of aliphatic hydroxyl groups excluding tert-OH is 1. The molecule has 1 heterocycles. The molecule has 1 saturated heterocycles. The minimum atomic E-state index is -1.35. The number of anilines is 1. The minimum Gasteiger partial charge on any atom is -0.434 e. The molecule has 23 heavy (non-hydrogen) atoms. The molecule has 0 spiro atoms. The van der Waals surface area contributed by atoms with Crippen molar-refractivity contribution >= 4 is 17.7 Å². The van der Waals surface area contributed by atoms with Crippen molar-refractivity contribution in [3.63, 3.8) is 0 Å². The molecule has 1 atom stereocenters. The van der Waals surface area contributed by atoms with Crippen LogP contribution in [0.2, 0.25) is 0 Å². The van der Waals surface area contributed by atoms with E-state index in [9.17, 15) is 18.4 Å². The highest BCUT2D eigenvalue weighted by Crippen LogP contribution is 2.21. The molecular formula is C14H17F2N3O4. The Morgan fingerprint density at radius 2 is 1.91 bits per heavy atom. The summed E-state index contributed by atoms with van der Waals surface area (Å²) >= 11 is 0. The van der Waals surface area contributed by atoms with Gasteiger partial charge in [-0.1, -0.05) is 0 Å². The average molecular weight is 329 g/mol. The van der Waals surface area contributed by atoms with Crippen LogP contribution in [0.15, 0.2) is 18.2 Å². The van der Waals surface area contributed by atoms with Crippen LogP contribution in [-0.4, -0.2) is 60.9 Å². The number of nitrogens with two attached hydrogens (primary N) is 1. The predicted octanol–water partition coefficient (Wildman–Crippen LogP) is 0.0696. The quantitative estimate of drug-likeness (QED) is 0.815. The van der Waals surface area contributed by atoms with Gasteiger partial charge < -0.3 is 25.4 Å². The summed E-state index contributed by atoms with van der Waals surface area (Å²) in [5.41, 5.74) is 5.09. The van der Waals surface area contributed by atoms with Gasteiger partial charge in [-0.05, 0) is 12.1 Å². The first-order valence-corrected chi connectivity index (χ1v) is 6.98. The Bertz CT molecular complexity index is 591. The highest BCUT2D eigenvalue weighted by Gasteiger charge is 2.29. The number of benzene rings is 1. The number of amides is 2. The summed E-state index contributed by atoms with van der Waals surface area (Å²) in [5, 5.41) is 9.09. The lowest BCUT2D eigenvalue weighted by atomic mass is 10.2. The van der Waals surface area contributed by atoms with Crippen LogP contribution in [0.1, 0.15) is 0 Å². The van der Waals surface area contributed by atoms with E-state index in [1.165, 1.54) is 17.0 Å². The number of hydrogen-bond donors (Lipinski definition) is 2. The summed E-state index contributed by atoms with van der Waals surface area (Å²) in [4.78, 5) is 25.9. The lowest BCUT2D eigenvalue weighted by molar-refractivity contribution is -0.142. The van der Waals surface area contributed by atoms with E-state index in [0.29, 0.717) is 13.1 Å². The molecule has 7 nitrogen and oxygen atoms in total. The van der Waals surface area contributed by atoms with Crippen LogP contribution in [-0.2, 0) is 9.53 Å². The van der Waals surface area contributed by atoms with Gasteiger partial charge in [0.1, 0.15) is 11.6 Å². The van der Waals surface area contributed by atoms with Gasteiger partial charge in [0.25, 0.3) is 5.91 Å². The van der Waals surface area contributed by atoms with Crippen LogP contribution >= 0.6 is 0 Å². The zero-order valence-electron chi connectivity index (χ0n) is 12.2. The molecule has 0 saturated carbocycles. The first-order valence-electron chi connectivity index (χ1n) is 6.98. The van der Waals surface area contributed by atoms with Crippen molar-refractivity contribution in [1.82, 2.24) is 4.90 Å². The number of hydrogen-bond acceptors (Lipinski definition) is 5. The number of ether oxygens (including phenoxy) is 1. The summed E-state index contributed by atoms with van der Waals surface area (Å²) in [7, 11) is 0. The molecule has 2 rings (SSSR count). The van der Waals surface area contributed by atoms with Crippen LogP contribution < -0.4 is 10.6 Å². The lowest BCUT2D eigenvalue weighted by Crippen LogP contribution is -2.53. The Balaban J connectivity index is 1.97.